The zero-order chi connectivity index (χ0) is 24.0. The minimum absolute atomic E-state index is 0.0219. The van der Waals surface area contributed by atoms with Crippen LogP contribution in [0.4, 0.5) is 5.69 Å². The summed E-state index contributed by atoms with van der Waals surface area (Å²) >= 11 is 0. The third-order valence-corrected chi connectivity index (χ3v) is 6.51. The molecule has 1 fully saturated rings. The molecule has 35 heavy (non-hydrogen) atoms. The van der Waals surface area contributed by atoms with Crippen molar-refractivity contribution in [3.8, 4) is 28.1 Å². The fraction of sp³-hybridized carbons (Fsp3) is 0.241. The summed E-state index contributed by atoms with van der Waals surface area (Å²) in [5, 5.41) is 11.0. The molecule has 178 valence electrons. The van der Waals surface area contributed by atoms with Gasteiger partial charge < -0.3 is 15.5 Å². The molecule has 1 saturated heterocycles. The van der Waals surface area contributed by atoms with Gasteiger partial charge in [-0.15, -0.1) is 0 Å². The van der Waals surface area contributed by atoms with Gasteiger partial charge in [0.2, 0.25) is 5.91 Å². The normalized spacial score (nSPS) is 13.6. The summed E-state index contributed by atoms with van der Waals surface area (Å²) in [6.45, 7) is 4.06. The molecular weight excluding hydrogens is 434 g/mol. The van der Waals surface area contributed by atoms with Crippen molar-refractivity contribution in [2.24, 2.45) is 0 Å². The molecule has 5 rings (SSSR count). The second-order valence-corrected chi connectivity index (χ2v) is 8.80. The summed E-state index contributed by atoms with van der Waals surface area (Å²) in [6.07, 6.45) is 1.02. The number of aryl methyl sites for hydroxylation is 1. The molecule has 3 aromatic carbocycles. The van der Waals surface area contributed by atoms with Gasteiger partial charge in [-0.2, -0.15) is 5.10 Å². The average molecular weight is 466 g/mol. The Kier molecular flexibility index (Phi) is 6.91. The molecule has 0 unspecified atom stereocenters. The monoisotopic (exact) mass is 465 g/mol. The van der Waals surface area contributed by atoms with Gasteiger partial charge in [-0.3, -0.25) is 4.79 Å². The Morgan fingerprint density at radius 2 is 1.49 bits per heavy atom. The summed E-state index contributed by atoms with van der Waals surface area (Å²) in [5.74, 6) is 0.0219. The van der Waals surface area contributed by atoms with Crippen LogP contribution in [0.1, 0.15) is 12.1 Å². The van der Waals surface area contributed by atoms with Gasteiger partial charge in [-0.25, -0.2) is 4.68 Å². The van der Waals surface area contributed by atoms with Gasteiger partial charge in [0.1, 0.15) is 0 Å². The Morgan fingerprint density at radius 1 is 0.857 bits per heavy atom. The first kappa shape index (κ1) is 22.9. The van der Waals surface area contributed by atoms with Crippen molar-refractivity contribution in [1.82, 2.24) is 20.4 Å². The van der Waals surface area contributed by atoms with Gasteiger partial charge in [0.25, 0.3) is 0 Å². The second-order valence-electron chi connectivity index (χ2n) is 8.80. The maximum atomic E-state index is 11.8. The van der Waals surface area contributed by atoms with Crippen LogP contribution in [0.3, 0.4) is 0 Å². The fourth-order valence-electron chi connectivity index (χ4n) is 4.51. The first-order chi connectivity index (χ1) is 17.2. The number of nitrogens with zero attached hydrogens (tertiary/aromatic N) is 3. The molecule has 0 saturated carbocycles. The number of hydrogen-bond acceptors (Lipinski definition) is 4. The molecule has 2 heterocycles. The lowest BCUT2D eigenvalue weighted by Gasteiger charge is -2.29. The SMILES string of the molecule is CNC(=O)CCc1cc(-c2ccc(-c3ccccc3)cc2)n(-c2ccc(N3CCNCC3)cc2)n1. The number of rotatable bonds is 7. The standard InChI is InChI=1S/C29H31N5O/c1-30-29(35)16-11-25-21-28(24-9-7-23(8-10-24)22-5-3-2-4-6-22)34(32-25)27-14-12-26(13-15-27)33-19-17-31-18-20-33/h2-10,12-15,21,31H,11,16-20H2,1H3,(H,30,35). The zero-order valence-corrected chi connectivity index (χ0v) is 20.1. The molecule has 0 bridgehead atoms. The zero-order valence-electron chi connectivity index (χ0n) is 20.1. The van der Waals surface area contributed by atoms with Crippen LogP contribution in [0, 0.1) is 0 Å². The quantitative estimate of drug-likeness (QED) is 0.427. The van der Waals surface area contributed by atoms with Gasteiger partial charge in [-0.05, 0) is 41.5 Å². The number of nitrogens with one attached hydrogen (secondary N) is 2. The van der Waals surface area contributed by atoms with Gasteiger partial charge in [0, 0.05) is 57.3 Å². The van der Waals surface area contributed by atoms with Crippen LogP contribution >= 0.6 is 0 Å². The number of anilines is 1. The highest BCUT2D eigenvalue weighted by molar-refractivity contribution is 5.76. The summed E-state index contributed by atoms with van der Waals surface area (Å²) in [6, 6.07) is 29.7. The molecule has 1 aliphatic rings. The van der Waals surface area contributed by atoms with Crippen molar-refractivity contribution in [2.45, 2.75) is 12.8 Å². The van der Waals surface area contributed by atoms with Crippen LogP contribution in [0.25, 0.3) is 28.1 Å². The van der Waals surface area contributed by atoms with Crippen LogP contribution < -0.4 is 15.5 Å². The summed E-state index contributed by atoms with van der Waals surface area (Å²) in [4.78, 5) is 14.2. The smallest absolute Gasteiger partial charge is 0.220 e. The van der Waals surface area contributed by atoms with E-state index in [0.717, 1.165) is 48.8 Å². The lowest BCUT2D eigenvalue weighted by molar-refractivity contribution is -0.120. The molecule has 6 heteroatoms. The first-order valence-electron chi connectivity index (χ1n) is 12.2. The fourth-order valence-corrected chi connectivity index (χ4v) is 4.51. The number of piperazine rings is 1. The Bertz CT molecular complexity index is 1260. The molecule has 4 aromatic rings. The predicted molar refractivity (Wildman–Crippen MR) is 142 cm³/mol. The molecule has 6 nitrogen and oxygen atoms in total. The second kappa shape index (κ2) is 10.6. The van der Waals surface area contributed by atoms with Crippen molar-refractivity contribution < 1.29 is 4.79 Å². The van der Waals surface area contributed by atoms with E-state index >= 15 is 0 Å². The van der Waals surface area contributed by atoms with E-state index in [9.17, 15) is 4.79 Å². The third-order valence-electron chi connectivity index (χ3n) is 6.51. The van der Waals surface area contributed by atoms with E-state index in [0.29, 0.717) is 12.8 Å². The molecule has 0 aliphatic carbocycles. The Labute approximate surface area is 206 Å². The van der Waals surface area contributed by atoms with Crippen molar-refractivity contribution in [3.63, 3.8) is 0 Å². The van der Waals surface area contributed by atoms with Gasteiger partial charge >= 0.3 is 0 Å². The van der Waals surface area contributed by atoms with E-state index in [1.54, 1.807) is 7.05 Å². The third kappa shape index (κ3) is 5.28. The lowest BCUT2D eigenvalue weighted by Crippen LogP contribution is -2.43. The van der Waals surface area contributed by atoms with Gasteiger partial charge in [0.15, 0.2) is 0 Å². The number of carbonyl (C=O) groups is 1. The largest absolute Gasteiger partial charge is 0.369 e. The topological polar surface area (TPSA) is 62.2 Å². The Hall–Kier alpha value is -3.90. The van der Waals surface area contributed by atoms with Crippen LogP contribution in [0.15, 0.2) is 84.9 Å². The molecule has 1 aliphatic heterocycles. The van der Waals surface area contributed by atoms with E-state index in [2.05, 4.69) is 94.4 Å². The van der Waals surface area contributed by atoms with E-state index in [1.807, 2.05) is 10.7 Å². The van der Waals surface area contributed by atoms with Crippen LogP contribution in [0.2, 0.25) is 0 Å². The maximum absolute atomic E-state index is 11.8. The van der Waals surface area contributed by atoms with Gasteiger partial charge in [-0.1, -0.05) is 54.6 Å². The molecule has 0 atom stereocenters. The van der Waals surface area contributed by atoms with Crippen LogP contribution in [-0.2, 0) is 11.2 Å². The van der Waals surface area contributed by atoms with Crippen molar-refractivity contribution in [2.75, 3.05) is 38.1 Å². The minimum atomic E-state index is 0.0219. The van der Waals surface area contributed by atoms with E-state index in [1.165, 1.54) is 16.8 Å². The number of aromatic nitrogens is 2. The highest BCUT2D eigenvalue weighted by atomic mass is 16.1. The van der Waals surface area contributed by atoms with E-state index < -0.39 is 0 Å². The summed E-state index contributed by atoms with van der Waals surface area (Å²) in [7, 11) is 1.67. The highest BCUT2D eigenvalue weighted by Crippen LogP contribution is 2.28. The van der Waals surface area contributed by atoms with E-state index in [4.69, 9.17) is 5.10 Å². The number of benzene rings is 3. The van der Waals surface area contributed by atoms with Gasteiger partial charge in [0.05, 0.1) is 17.1 Å². The van der Waals surface area contributed by atoms with Crippen molar-refractivity contribution in [3.05, 3.63) is 90.6 Å². The summed E-state index contributed by atoms with van der Waals surface area (Å²) < 4.78 is 2.00. The van der Waals surface area contributed by atoms with E-state index in [-0.39, 0.29) is 5.91 Å². The molecular formula is C29H31N5O. The minimum Gasteiger partial charge on any atom is -0.369 e. The summed E-state index contributed by atoms with van der Waals surface area (Å²) in [5.41, 5.74) is 7.64. The highest BCUT2D eigenvalue weighted by Gasteiger charge is 2.15. The molecule has 2 N–H and O–H groups in total. The molecule has 0 spiro atoms. The molecule has 0 radical (unpaired) electrons. The molecule has 1 amide bonds. The predicted octanol–water partition coefficient (Wildman–Crippen LogP) is 4.29. The Balaban J connectivity index is 1.46. The molecule has 1 aromatic heterocycles. The lowest BCUT2D eigenvalue weighted by atomic mass is 10.0. The Morgan fingerprint density at radius 3 is 2.17 bits per heavy atom. The van der Waals surface area contributed by atoms with Crippen LogP contribution in [0.5, 0.6) is 0 Å². The maximum Gasteiger partial charge on any atom is 0.220 e. The van der Waals surface area contributed by atoms with Crippen molar-refractivity contribution in [1.29, 1.82) is 0 Å². The number of amides is 1. The van der Waals surface area contributed by atoms with Crippen molar-refractivity contribution >= 4 is 11.6 Å². The number of carbonyl (C=O) groups excluding carboxylic acids is 1. The number of hydrogen-bond donors (Lipinski definition) is 2. The first-order valence-corrected chi connectivity index (χ1v) is 12.2. The average Bonchev–Trinajstić information content (AvgIpc) is 3.37. The van der Waals surface area contributed by atoms with Crippen LogP contribution in [-0.4, -0.2) is 48.9 Å².